The molecule has 1 radical (unpaired) electrons. The molecule has 263 valence electrons. The number of hydrogen-bond acceptors (Lipinski definition) is 3. The minimum absolute atomic E-state index is 0. The monoisotopic (exact) mass is 858 g/mol. The molecule has 3 aromatic heterocycles. The molecule has 0 saturated heterocycles. The molecule has 7 aromatic rings. The molecule has 3 nitrogen and oxygen atoms in total. The second-order valence-electron chi connectivity index (χ2n) is 14.0. The summed E-state index contributed by atoms with van der Waals surface area (Å²) >= 11 is 0. The van der Waals surface area contributed by atoms with Crippen molar-refractivity contribution < 1.29 is 36.9 Å². The van der Waals surface area contributed by atoms with E-state index in [9.17, 15) is 0 Å². The first kappa shape index (κ1) is 27.3. The van der Waals surface area contributed by atoms with E-state index < -0.39 is 20.6 Å². The maximum atomic E-state index is 8.35. The number of aryl methyl sites for hydroxylation is 3. The maximum Gasteiger partial charge on any atom is 0.120 e. The molecule has 0 bridgehead atoms. The fraction of sp³-hybridized carbons (Fsp3) is 0.277. The van der Waals surface area contributed by atoms with Crippen molar-refractivity contribution in [2.24, 2.45) is 0 Å². The van der Waals surface area contributed by atoms with Crippen LogP contribution in [-0.2, 0) is 30.9 Å². The molecule has 0 spiro atoms. The van der Waals surface area contributed by atoms with E-state index in [2.05, 4.69) is 63.6 Å². The number of benzene rings is 4. The van der Waals surface area contributed by atoms with Gasteiger partial charge in [-0.25, -0.2) is 0 Å². The van der Waals surface area contributed by atoms with Crippen LogP contribution in [0.25, 0.3) is 55.6 Å². The zero-order chi connectivity index (χ0) is 43.1. The molecule has 4 aromatic carbocycles. The van der Waals surface area contributed by atoms with E-state index in [1.54, 1.807) is 36.4 Å². The normalized spacial score (nSPS) is 15.0. The Hall–Kier alpha value is -4.37. The number of furan rings is 1. The van der Waals surface area contributed by atoms with Crippen molar-refractivity contribution in [3.63, 3.8) is 0 Å². The molecule has 51 heavy (non-hydrogen) atoms. The SMILES string of the molecule is [2H]C([2H])([2H])c1c[c-]c(-c2ccc(C(C)(C)C)cn2)cc1.[2H]C([2H])([2H])c1cnc(-c2[c-]ccc3c2oc2ccccc23)cc1-c1ccc(C(C)(CC)CC)cc1C([2H])([2H])[2H].[Ir]. The van der Waals surface area contributed by atoms with Crippen LogP contribution >= 0.6 is 0 Å². The van der Waals surface area contributed by atoms with Gasteiger partial charge < -0.3 is 14.4 Å². The van der Waals surface area contributed by atoms with E-state index in [4.69, 9.17) is 16.8 Å². The predicted molar refractivity (Wildman–Crippen MR) is 211 cm³/mol. The Morgan fingerprint density at radius 2 is 1.47 bits per heavy atom. The number of para-hydroxylation sites is 1. The Kier molecular flexibility index (Phi) is 8.29. The van der Waals surface area contributed by atoms with Crippen LogP contribution in [0.2, 0.25) is 0 Å². The molecule has 0 aliphatic rings. The van der Waals surface area contributed by atoms with Crippen LogP contribution in [0.15, 0.2) is 108 Å². The summed E-state index contributed by atoms with van der Waals surface area (Å²) in [6, 6.07) is 33.6. The summed E-state index contributed by atoms with van der Waals surface area (Å²) in [6.45, 7) is 5.68. The average Bonchev–Trinajstić information content (AvgIpc) is 3.58. The van der Waals surface area contributed by atoms with Crippen molar-refractivity contribution in [3.8, 4) is 33.6 Å². The Labute approximate surface area is 330 Å². The van der Waals surface area contributed by atoms with Crippen LogP contribution in [0, 0.1) is 32.7 Å². The zero-order valence-corrected chi connectivity index (χ0v) is 32.3. The third-order valence-corrected chi connectivity index (χ3v) is 9.78. The van der Waals surface area contributed by atoms with Crippen molar-refractivity contribution in [2.75, 3.05) is 0 Å². The molecule has 0 atom stereocenters. The van der Waals surface area contributed by atoms with E-state index >= 15 is 0 Å². The summed E-state index contributed by atoms with van der Waals surface area (Å²) in [6.07, 6.45) is 4.88. The van der Waals surface area contributed by atoms with Gasteiger partial charge in [0.1, 0.15) is 5.58 Å². The molecular formula is C47H48IrN2O-2. The Morgan fingerprint density at radius 1 is 0.706 bits per heavy atom. The van der Waals surface area contributed by atoms with Crippen LogP contribution in [0.4, 0.5) is 0 Å². The summed E-state index contributed by atoms with van der Waals surface area (Å²) in [5, 5.41) is 1.85. The second kappa shape index (κ2) is 15.5. The van der Waals surface area contributed by atoms with Gasteiger partial charge in [-0.1, -0.05) is 114 Å². The number of aromatic nitrogens is 2. The second-order valence-corrected chi connectivity index (χ2v) is 14.0. The molecule has 0 amide bonds. The van der Waals surface area contributed by atoms with Crippen molar-refractivity contribution in [3.05, 3.63) is 143 Å². The smallest absolute Gasteiger partial charge is 0.120 e. The number of hydrogen-bond donors (Lipinski definition) is 0. The number of rotatable bonds is 6. The average molecular weight is 858 g/mol. The van der Waals surface area contributed by atoms with Crippen molar-refractivity contribution >= 4 is 21.9 Å². The van der Waals surface area contributed by atoms with Crippen LogP contribution < -0.4 is 0 Å². The number of fused-ring (bicyclic) bond motifs is 3. The van der Waals surface area contributed by atoms with Gasteiger partial charge in [-0.2, -0.15) is 0 Å². The molecule has 0 unspecified atom stereocenters. The van der Waals surface area contributed by atoms with Crippen molar-refractivity contribution in [1.82, 2.24) is 9.97 Å². The third kappa shape index (κ3) is 7.93. The molecule has 7 rings (SSSR count). The van der Waals surface area contributed by atoms with Crippen molar-refractivity contribution in [1.29, 1.82) is 0 Å². The Morgan fingerprint density at radius 3 is 2.14 bits per heavy atom. The summed E-state index contributed by atoms with van der Waals surface area (Å²) in [5.74, 6) is 0. The van der Waals surface area contributed by atoms with E-state index in [-0.39, 0.29) is 42.1 Å². The molecule has 0 aliphatic carbocycles. The largest absolute Gasteiger partial charge is 0.501 e. The third-order valence-electron chi connectivity index (χ3n) is 9.78. The van der Waals surface area contributed by atoms with Gasteiger partial charge in [0.05, 0.1) is 5.58 Å². The van der Waals surface area contributed by atoms with Crippen LogP contribution in [-0.4, -0.2) is 9.97 Å². The van der Waals surface area contributed by atoms with Gasteiger partial charge in [-0.05, 0) is 88.2 Å². The minimum atomic E-state index is -2.50. The van der Waals surface area contributed by atoms with E-state index in [1.807, 2.05) is 54.7 Å². The first-order valence-electron chi connectivity index (χ1n) is 21.5. The minimum Gasteiger partial charge on any atom is -0.501 e. The molecule has 0 saturated carbocycles. The molecule has 3 heterocycles. The molecule has 0 aliphatic heterocycles. The first-order chi connectivity index (χ1) is 27.5. The maximum absolute atomic E-state index is 8.35. The standard InChI is InChI=1S/C31H30NO.C16H18N.Ir/c1-6-31(5,7-2)22-15-16-23(20(3)17-22)27-18-28(32-19-21(27)4)26-13-10-12-25-24-11-8-9-14-29(24)33-30(25)26;1-12-5-7-13(8-6-12)15-10-9-14(11-17-15)16(2,3)4;/h8-12,14-19H,6-7H2,1-5H3;5-7,9-11H,1-4H3;/q2*-1;/i3D3,4D3;1D3;. The van der Waals surface area contributed by atoms with Crippen LogP contribution in [0.1, 0.15) is 94.5 Å². The van der Waals surface area contributed by atoms with Crippen LogP contribution in [0.3, 0.4) is 0 Å². The van der Waals surface area contributed by atoms with Gasteiger partial charge in [0, 0.05) is 50.2 Å². The molecular weight excluding hydrogens is 801 g/mol. The molecule has 0 fully saturated rings. The van der Waals surface area contributed by atoms with Gasteiger partial charge >= 0.3 is 0 Å². The first-order valence-corrected chi connectivity index (χ1v) is 17.0. The predicted octanol–water partition coefficient (Wildman–Crippen LogP) is 13.0. The summed E-state index contributed by atoms with van der Waals surface area (Å²) < 4.78 is 77.8. The summed E-state index contributed by atoms with van der Waals surface area (Å²) in [5.41, 5.74) is 7.02. The van der Waals surface area contributed by atoms with Gasteiger partial charge in [-0.3, -0.25) is 0 Å². The van der Waals surface area contributed by atoms with Gasteiger partial charge in [-0.15, -0.1) is 53.6 Å². The van der Waals surface area contributed by atoms with Gasteiger partial charge in [0.15, 0.2) is 0 Å². The molecule has 0 N–H and O–H groups in total. The quantitative estimate of drug-likeness (QED) is 0.156. The Balaban J connectivity index is 0.000000274. The molecule has 4 heteroatoms. The summed E-state index contributed by atoms with van der Waals surface area (Å²) in [7, 11) is 0. The van der Waals surface area contributed by atoms with Gasteiger partial charge in [0.2, 0.25) is 0 Å². The van der Waals surface area contributed by atoms with E-state index in [0.29, 0.717) is 33.5 Å². The Bertz CT molecular complexity index is 2520. The fourth-order valence-electron chi connectivity index (χ4n) is 6.09. The zero-order valence-electron chi connectivity index (χ0n) is 38.9. The topological polar surface area (TPSA) is 38.9 Å². The fourth-order valence-corrected chi connectivity index (χ4v) is 6.09. The van der Waals surface area contributed by atoms with Gasteiger partial charge in [0.25, 0.3) is 0 Å². The van der Waals surface area contributed by atoms with E-state index in [0.717, 1.165) is 46.0 Å². The number of pyridine rings is 2. The van der Waals surface area contributed by atoms with E-state index in [1.165, 1.54) is 17.8 Å². The summed E-state index contributed by atoms with van der Waals surface area (Å²) in [4.78, 5) is 8.94. The van der Waals surface area contributed by atoms with Crippen LogP contribution in [0.5, 0.6) is 0 Å². The van der Waals surface area contributed by atoms with Crippen molar-refractivity contribution in [2.45, 2.75) is 85.8 Å². The number of nitrogens with zero attached hydrogens (tertiary/aromatic N) is 2.